The van der Waals surface area contributed by atoms with Crippen LogP contribution in [0.4, 0.5) is 0 Å². The van der Waals surface area contributed by atoms with Crippen LogP contribution in [-0.2, 0) is 16.6 Å². The van der Waals surface area contributed by atoms with E-state index in [0.717, 1.165) is 22.5 Å². The first-order valence-electron chi connectivity index (χ1n) is 9.61. The Bertz CT molecular complexity index is 1330. The second-order valence-electron chi connectivity index (χ2n) is 7.15. The quantitative estimate of drug-likeness (QED) is 0.429. The Morgan fingerprint density at radius 2 is 1.71 bits per heavy atom. The fourth-order valence-corrected chi connectivity index (χ4v) is 4.17. The first kappa shape index (κ1) is 21.2. The number of sulfonamides is 1. The lowest BCUT2D eigenvalue weighted by molar-refractivity contribution is 0.307. The third-order valence-corrected chi connectivity index (χ3v) is 6.08. The van der Waals surface area contributed by atoms with Gasteiger partial charge in [0.05, 0.1) is 10.6 Å². The highest BCUT2D eigenvalue weighted by Crippen LogP contribution is 2.36. The largest absolute Gasteiger partial charge is 0.488 e. The van der Waals surface area contributed by atoms with E-state index in [0.29, 0.717) is 23.1 Å². The monoisotopic (exact) mass is 452 g/mol. The molecule has 0 saturated heterocycles. The molecule has 1 heterocycles. The standard InChI is InChI=1S/C24H21ClN2O3S/c1-17-10-13-23(27(17)20-8-5-9-21(15-20)31(26,28)29)22-12-11-19(25)14-24(22)30-16-18-6-3-2-4-7-18/h2-15H,16H2,1H3,(H2,26,28,29). The predicted octanol–water partition coefficient (Wildman–Crippen LogP) is 5.33. The first-order valence-corrected chi connectivity index (χ1v) is 11.5. The van der Waals surface area contributed by atoms with Gasteiger partial charge in [-0.25, -0.2) is 13.6 Å². The maximum absolute atomic E-state index is 11.8. The number of aryl methyl sites for hydroxylation is 1. The molecule has 0 atom stereocenters. The van der Waals surface area contributed by atoms with Crippen molar-refractivity contribution < 1.29 is 13.2 Å². The molecule has 0 spiro atoms. The second-order valence-corrected chi connectivity index (χ2v) is 9.15. The molecule has 0 amide bonds. The van der Waals surface area contributed by atoms with Gasteiger partial charge < -0.3 is 9.30 Å². The zero-order valence-corrected chi connectivity index (χ0v) is 18.4. The van der Waals surface area contributed by atoms with Gasteiger partial charge in [0.2, 0.25) is 10.0 Å². The Morgan fingerprint density at radius 3 is 2.45 bits per heavy atom. The van der Waals surface area contributed by atoms with Crippen LogP contribution in [0, 0.1) is 6.92 Å². The molecule has 158 valence electrons. The van der Waals surface area contributed by atoms with Crippen LogP contribution in [0.25, 0.3) is 16.9 Å². The van der Waals surface area contributed by atoms with Crippen LogP contribution in [0.5, 0.6) is 5.75 Å². The average Bonchev–Trinajstić information content (AvgIpc) is 3.13. The number of benzene rings is 3. The molecule has 0 saturated carbocycles. The number of hydrogen-bond acceptors (Lipinski definition) is 3. The highest BCUT2D eigenvalue weighted by Gasteiger charge is 2.16. The van der Waals surface area contributed by atoms with Crippen LogP contribution >= 0.6 is 11.6 Å². The predicted molar refractivity (Wildman–Crippen MR) is 123 cm³/mol. The van der Waals surface area contributed by atoms with E-state index in [1.54, 1.807) is 24.3 Å². The van der Waals surface area contributed by atoms with Gasteiger partial charge in [-0.15, -0.1) is 0 Å². The molecule has 4 aromatic rings. The van der Waals surface area contributed by atoms with Gasteiger partial charge in [0.25, 0.3) is 0 Å². The van der Waals surface area contributed by atoms with Gasteiger partial charge in [-0.05, 0) is 61.0 Å². The topological polar surface area (TPSA) is 74.3 Å². The van der Waals surface area contributed by atoms with Crippen LogP contribution in [0.3, 0.4) is 0 Å². The SMILES string of the molecule is Cc1ccc(-c2ccc(Cl)cc2OCc2ccccc2)n1-c1cccc(S(N)(=O)=O)c1. The molecule has 0 aliphatic heterocycles. The summed E-state index contributed by atoms with van der Waals surface area (Å²) >= 11 is 6.25. The third-order valence-electron chi connectivity index (χ3n) is 4.94. The van der Waals surface area contributed by atoms with Crippen molar-refractivity contribution in [3.05, 3.63) is 101 Å². The van der Waals surface area contributed by atoms with E-state index in [-0.39, 0.29) is 4.90 Å². The van der Waals surface area contributed by atoms with Crippen molar-refractivity contribution in [2.45, 2.75) is 18.4 Å². The highest BCUT2D eigenvalue weighted by atomic mass is 35.5. The molecular weight excluding hydrogens is 432 g/mol. The van der Waals surface area contributed by atoms with Crippen LogP contribution in [0.2, 0.25) is 5.02 Å². The Labute approximate surface area is 186 Å². The Morgan fingerprint density at radius 1 is 0.935 bits per heavy atom. The van der Waals surface area contributed by atoms with Gasteiger partial charge in [0, 0.05) is 22.0 Å². The Hall–Kier alpha value is -3.06. The summed E-state index contributed by atoms with van der Waals surface area (Å²) in [6.45, 7) is 2.35. The molecular formula is C24H21ClN2O3S. The summed E-state index contributed by atoms with van der Waals surface area (Å²) in [6, 6.07) is 25.9. The minimum absolute atomic E-state index is 0.0562. The van der Waals surface area contributed by atoms with Crippen LogP contribution in [0.1, 0.15) is 11.3 Å². The Kier molecular flexibility index (Phi) is 5.87. The smallest absolute Gasteiger partial charge is 0.238 e. The zero-order chi connectivity index (χ0) is 22.0. The summed E-state index contributed by atoms with van der Waals surface area (Å²) in [5, 5.41) is 5.90. The van der Waals surface area contributed by atoms with Crippen molar-refractivity contribution in [1.82, 2.24) is 4.57 Å². The summed E-state index contributed by atoms with van der Waals surface area (Å²) in [5.41, 5.74) is 4.36. The fraction of sp³-hybridized carbons (Fsp3) is 0.0833. The average molecular weight is 453 g/mol. The fourth-order valence-electron chi connectivity index (χ4n) is 3.45. The van der Waals surface area contributed by atoms with Crippen molar-refractivity contribution >= 4 is 21.6 Å². The maximum atomic E-state index is 11.8. The van der Waals surface area contributed by atoms with Crippen molar-refractivity contribution in [3.8, 4) is 22.7 Å². The van der Waals surface area contributed by atoms with Crippen molar-refractivity contribution in [2.24, 2.45) is 5.14 Å². The second kappa shape index (κ2) is 8.59. The third kappa shape index (κ3) is 4.66. The van der Waals surface area contributed by atoms with Gasteiger partial charge in [0.15, 0.2) is 0 Å². The van der Waals surface area contributed by atoms with Crippen LogP contribution in [-0.4, -0.2) is 13.0 Å². The van der Waals surface area contributed by atoms with Crippen LogP contribution in [0.15, 0.2) is 89.8 Å². The van der Waals surface area contributed by atoms with E-state index in [1.165, 1.54) is 6.07 Å². The Balaban J connectivity index is 1.79. The van der Waals surface area contributed by atoms with Crippen molar-refractivity contribution in [3.63, 3.8) is 0 Å². The number of ether oxygens (including phenoxy) is 1. The molecule has 4 rings (SSSR count). The normalized spacial score (nSPS) is 11.5. The van der Waals surface area contributed by atoms with E-state index in [2.05, 4.69) is 0 Å². The van der Waals surface area contributed by atoms with E-state index < -0.39 is 10.0 Å². The summed E-state index contributed by atoms with van der Waals surface area (Å²) in [6.07, 6.45) is 0. The number of hydrogen-bond donors (Lipinski definition) is 1. The number of halogens is 1. The lowest BCUT2D eigenvalue weighted by atomic mass is 10.1. The first-order chi connectivity index (χ1) is 14.8. The van der Waals surface area contributed by atoms with Crippen LogP contribution < -0.4 is 9.88 Å². The van der Waals surface area contributed by atoms with Gasteiger partial charge >= 0.3 is 0 Å². The molecule has 0 fully saturated rings. The lowest BCUT2D eigenvalue weighted by Crippen LogP contribution is -2.12. The summed E-state index contributed by atoms with van der Waals surface area (Å²) in [5.74, 6) is 0.637. The van der Waals surface area contributed by atoms with Crippen molar-refractivity contribution in [1.29, 1.82) is 0 Å². The number of aromatic nitrogens is 1. The molecule has 0 unspecified atom stereocenters. The minimum Gasteiger partial charge on any atom is -0.488 e. The molecule has 5 nitrogen and oxygen atoms in total. The highest BCUT2D eigenvalue weighted by molar-refractivity contribution is 7.89. The maximum Gasteiger partial charge on any atom is 0.238 e. The molecule has 1 aromatic heterocycles. The van der Waals surface area contributed by atoms with E-state index >= 15 is 0 Å². The lowest BCUT2D eigenvalue weighted by Gasteiger charge is -2.16. The zero-order valence-electron chi connectivity index (χ0n) is 16.8. The molecule has 3 aromatic carbocycles. The van der Waals surface area contributed by atoms with E-state index in [1.807, 2.05) is 66.1 Å². The van der Waals surface area contributed by atoms with Gasteiger partial charge in [-0.2, -0.15) is 0 Å². The molecule has 2 N–H and O–H groups in total. The number of primary sulfonamides is 1. The molecule has 0 bridgehead atoms. The van der Waals surface area contributed by atoms with E-state index in [9.17, 15) is 8.42 Å². The molecule has 0 radical (unpaired) electrons. The summed E-state index contributed by atoms with van der Waals surface area (Å²) in [7, 11) is -3.82. The van der Waals surface area contributed by atoms with Gasteiger partial charge in [-0.1, -0.05) is 48.0 Å². The number of nitrogens with zero attached hydrogens (tertiary/aromatic N) is 1. The van der Waals surface area contributed by atoms with E-state index in [4.69, 9.17) is 21.5 Å². The molecule has 7 heteroatoms. The summed E-state index contributed by atoms with van der Waals surface area (Å²) < 4.78 is 31.8. The van der Waals surface area contributed by atoms with Gasteiger partial charge in [0.1, 0.15) is 12.4 Å². The van der Waals surface area contributed by atoms with Crippen molar-refractivity contribution in [2.75, 3.05) is 0 Å². The number of rotatable bonds is 6. The number of nitrogens with two attached hydrogens (primary N) is 1. The molecule has 0 aliphatic rings. The van der Waals surface area contributed by atoms with Gasteiger partial charge in [-0.3, -0.25) is 0 Å². The molecule has 31 heavy (non-hydrogen) atoms. The summed E-state index contributed by atoms with van der Waals surface area (Å²) in [4.78, 5) is 0.0562. The molecule has 0 aliphatic carbocycles. The minimum atomic E-state index is -3.82.